The van der Waals surface area contributed by atoms with Crippen LogP contribution in [0.4, 0.5) is 26.4 Å². The zero-order chi connectivity index (χ0) is 20.5. The molecule has 29 heavy (non-hydrogen) atoms. The van der Waals surface area contributed by atoms with E-state index in [2.05, 4.69) is 25.6 Å². The van der Waals surface area contributed by atoms with Crippen LogP contribution in [0.2, 0.25) is 0 Å². The van der Waals surface area contributed by atoms with E-state index in [1.54, 1.807) is 6.20 Å². The predicted molar refractivity (Wildman–Crippen MR) is 109 cm³/mol. The topological polar surface area (TPSA) is 93.7 Å². The lowest BCUT2D eigenvalue weighted by Crippen LogP contribution is -2.33. The second-order valence-electron chi connectivity index (χ2n) is 7.81. The van der Waals surface area contributed by atoms with Crippen molar-refractivity contribution in [2.24, 2.45) is 5.73 Å². The molecule has 2 aromatic heterocycles. The van der Waals surface area contributed by atoms with Gasteiger partial charge >= 0.3 is 0 Å². The summed E-state index contributed by atoms with van der Waals surface area (Å²) in [4.78, 5) is 13.6. The Morgan fingerprint density at radius 1 is 1.14 bits per heavy atom. The van der Waals surface area contributed by atoms with Gasteiger partial charge < -0.3 is 16.4 Å². The summed E-state index contributed by atoms with van der Waals surface area (Å²) in [6.45, 7) is 3.98. The van der Waals surface area contributed by atoms with Gasteiger partial charge in [-0.3, -0.25) is 4.57 Å². The molecule has 154 valence electrons. The Labute approximate surface area is 167 Å². The fourth-order valence-electron chi connectivity index (χ4n) is 3.70. The van der Waals surface area contributed by atoms with Gasteiger partial charge in [0, 0.05) is 24.2 Å². The van der Waals surface area contributed by atoms with E-state index in [1.165, 1.54) is 12.1 Å². The van der Waals surface area contributed by atoms with Gasteiger partial charge in [0.05, 0.1) is 11.9 Å². The summed E-state index contributed by atoms with van der Waals surface area (Å²) in [7, 11) is 0. The number of benzene rings is 1. The van der Waals surface area contributed by atoms with E-state index in [4.69, 9.17) is 5.73 Å². The molecular weight excluding hydrogens is 376 g/mol. The van der Waals surface area contributed by atoms with Gasteiger partial charge in [0.2, 0.25) is 11.9 Å². The molecule has 9 heteroatoms. The first kappa shape index (κ1) is 19.5. The van der Waals surface area contributed by atoms with Crippen molar-refractivity contribution in [3.63, 3.8) is 0 Å². The van der Waals surface area contributed by atoms with Crippen LogP contribution in [-0.2, 0) is 0 Å². The van der Waals surface area contributed by atoms with Crippen LogP contribution in [0, 0.1) is 11.6 Å². The van der Waals surface area contributed by atoms with Gasteiger partial charge in [0.1, 0.15) is 17.2 Å². The number of nitrogens with one attached hydrogen (secondary N) is 2. The highest BCUT2D eigenvalue weighted by atomic mass is 19.1. The summed E-state index contributed by atoms with van der Waals surface area (Å²) in [6, 6.07) is 3.98. The minimum atomic E-state index is -0.684. The average molecular weight is 401 g/mol. The lowest BCUT2D eigenvalue weighted by molar-refractivity contribution is 0.410. The Morgan fingerprint density at radius 2 is 1.90 bits per heavy atom. The third-order valence-electron chi connectivity index (χ3n) is 5.23. The van der Waals surface area contributed by atoms with E-state index in [0.717, 1.165) is 31.7 Å². The van der Waals surface area contributed by atoms with Crippen LogP contribution in [0.25, 0.3) is 11.2 Å². The number of halogens is 2. The lowest BCUT2D eigenvalue weighted by atomic mass is 9.92. The van der Waals surface area contributed by atoms with E-state index >= 15 is 0 Å². The molecule has 0 saturated heterocycles. The smallest absolute Gasteiger partial charge is 0.224 e. The zero-order valence-electron chi connectivity index (χ0n) is 16.5. The zero-order valence-corrected chi connectivity index (χ0v) is 16.5. The Balaban J connectivity index is 1.64. The average Bonchev–Trinajstić information content (AvgIpc) is 3.03. The summed E-state index contributed by atoms with van der Waals surface area (Å²) in [5.74, 6) is -0.346. The third-order valence-corrected chi connectivity index (χ3v) is 5.23. The van der Waals surface area contributed by atoms with E-state index in [1.807, 2.05) is 18.4 Å². The minimum Gasteiger partial charge on any atom is -0.351 e. The van der Waals surface area contributed by atoms with Gasteiger partial charge in [0.25, 0.3) is 0 Å². The molecule has 4 rings (SSSR count). The summed E-state index contributed by atoms with van der Waals surface area (Å²) in [5.41, 5.74) is 7.37. The molecule has 1 saturated carbocycles. The standard InChI is InChI=1S/C20H25F2N7/c1-11(2)29-18-17(27-20(29)26-16-8-3-12(21)9-15(16)22)10-24-19(28-18)25-14-6-4-13(23)5-7-14/h3,8-11,13-14H,4-7,23H2,1-2H3,(H,26,27)(H,24,25,28)/t13-,14-. The van der Waals surface area contributed by atoms with Crippen molar-refractivity contribution >= 4 is 28.7 Å². The van der Waals surface area contributed by atoms with Crippen LogP contribution in [0.5, 0.6) is 0 Å². The van der Waals surface area contributed by atoms with E-state index in [0.29, 0.717) is 29.1 Å². The molecule has 1 aliphatic rings. The third kappa shape index (κ3) is 4.14. The second kappa shape index (κ2) is 7.90. The van der Waals surface area contributed by atoms with Gasteiger partial charge in [-0.1, -0.05) is 0 Å². The quantitative estimate of drug-likeness (QED) is 0.596. The van der Waals surface area contributed by atoms with Crippen LogP contribution in [0.3, 0.4) is 0 Å². The highest BCUT2D eigenvalue weighted by Gasteiger charge is 2.21. The number of fused-ring (bicyclic) bond motifs is 1. The summed E-state index contributed by atoms with van der Waals surface area (Å²) < 4.78 is 29.2. The maximum absolute atomic E-state index is 14.1. The van der Waals surface area contributed by atoms with Crippen LogP contribution >= 0.6 is 0 Å². The maximum Gasteiger partial charge on any atom is 0.224 e. The maximum atomic E-state index is 14.1. The Kier molecular flexibility index (Phi) is 5.31. The van der Waals surface area contributed by atoms with Crippen molar-refractivity contribution in [1.29, 1.82) is 0 Å². The minimum absolute atomic E-state index is 0.0152. The first-order chi connectivity index (χ1) is 13.9. The summed E-state index contributed by atoms with van der Waals surface area (Å²) in [6.07, 6.45) is 5.61. The Morgan fingerprint density at radius 3 is 2.59 bits per heavy atom. The van der Waals surface area contributed by atoms with E-state index in [-0.39, 0.29) is 17.8 Å². The fraction of sp³-hybridized carbons (Fsp3) is 0.450. The molecule has 7 nitrogen and oxygen atoms in total. The first-order valence-corrected chi connectivity index (χ1v) is 9.90. The molecule has 0 aliphatic heterocycles. The molecule has 0 spiro atoms. The number of hydrogen-bond acceptors (Lipinski definition) is 6. The fourth-order valence-corrected chi connectivity index (χ4v) is 3.70. The van der Waals surface area contributed by atoms with Crippen molar-refractivity contribution in [3.05, 3.63) is 36.0 Å². The highest BCUT2D eigenvalue weighted by Crippen LogP contribution is 2.28. The number of aromatic nitrogens is 4. The molecule has 1 fully saturated rings. The largest absolute Gasteiger partial charge is 0.351 e. The number of anilines is 3. The van der Waals surface area contributed by atoms with Gasteiger partial charge in [0.15, 0.2) is 5.65 Å². The van der Waals surface area contributed by atoms with Crippen LogP contribution < -0.4 is 16.4 Å². The summed E-state index contributed by atoms with van der Waals surface area (Å²) in [5, 5.41) is 6.35. The van der Waals surface area contributed by atoms with Crippen molar-refractivity contribution < 1.29 is 8.78 Å². The molecule has 1 aliphatic carbocycles. The monoisotopic (exact) mass is 401 g/mol. The molecule has 1 aromatic carbocycles. The SMILES string of the molecule is CC(C)n1c(Nc2ccc(F)cc2F)nc2cnc(N[C@H]3CC[C@H](N)CC3)nc21. The van der Waals surface area contributed by atoms with Crippen LogP contribution in [0.15, 0.2) is 24.4 Å². The van der Waals surface area contributed by atoms with Crippen LogP contribution in [-0.4, -0.2) is 31.6 Å². The molecule has 3 aromatic rings. The van der Waals surface area contributed by atoms with Crippen molar-refractivity contribution in [2.45, 2.75) is 57.7 Å². The number of hydrogen-bond donors (Lipinski definition) is 3. The molecule has 0 unspecified atom stereocenters. The predicted octanol–water partition coefficient (Wildman–Crippen LogP) is 4.11. The number of imidazole rings is 1. The van der Waals surface area contributed by atoms with Gasteiger partial charge in [-0.05, 0) is 51.7 Å². The molecule has 0 amide bonds. The molecular formula is C20H25F2N7. The normalized spacial score (nSPS) is 19.7. The highest BCUT2D eigenvalue weighted by molar-refractivity contribution is 5.76. The first-order valence-electron chi connectivity index (χ1n) is 9.90. The van der Waals surface area contributed by atoms with Gasteiger partial charge in [-0.15, -0.1) is 0 Å². The van der Waals surface area contributed by atoms with Crippen molar-refractivity contribution in [1.82, 2.24) is 19.5 Å². The molecule has 0 atom stereocenters. The Bertz CT molecular complexity index is 1010. The lowest BCUT2D eigenvalue weighted by Gasteiger charge is -2.26. The van der Waals surface area contributed by atoms with E-state index in [9.17, 15) is 8.78 Å². The number of nitrogens with zero attached hydrogens (tertiary/aromatic N) is 4. The van der Waals surface area contributed by atoms with Gasteiger partial charge in [-0.2, -0.15) is 4.98 Å². The van der Waals surface area contributed by atoms with E-state index < -0.39 is 11.6 Å². The summed E-state index contributed by atoms with van der Waals surface area (Å²) >= 11 is 0. The molecule has 0 bridgehead atoms. The molecule has 0 radical (unpaired) electrons. The Hall–Kier alpha value is -2.81. The van der Waals surface area contributed by atoms with Crippen LogP contribution in [0.1, 0.15) is 45.6 Å². The molecule has 2 heterocycles. The van der Waals surface area contributed by atoms with Gasteiger partial charge in [-0.25, -0.2) is 18.7 Å². The van der Waals surface area contributed by atoms with Crippen molar-refractivity contribution in [3.8, 4) is 0 Å². The van der Waals surface area contributed by atoms with Crippen molar-refractivity contribution in [2.75, 3.05) is 10.6 Å². The number of rotatable bonds is 5. The number of nitrogens with two attached hydrogens (primary N) is 1. The molecule has 4 N–H and O–H groups in total. The second-order valence-corrected chi connectivity index (χ2v) is 7.81.